The van der Waals surface area contributed by atoms with Gasteiger partial charge in [0.15, 0.2) is 0 Å². The van der Waals surface area contributed by atoms with Crippen LogP contribution in [0.1, 0.15) is 23.7 Å². The summed E-state index contributed by atoms with van der Waals surface area (Å²) in [7, 11) is 1.55. The molecule has 0 unspecified atom stereocenters. The third-order valence-electron chi connectivity index (χ3n) is 2.56. The van der Waals surface area contributed by atoms with Gasteiger partial charge in [-0.25, -0.2) is 0 Å². The third-order valence-corrected chi connectivity index (χ3v) is 4.13. The molecule has 0 heterocycles. The number of nitrogens with one attached hydrogen (secondary N) is 1. The summed E-state index contributed by atoms with van der Waals surface area (Å²) >= 11 is 8.12. The zero-order valence-corrected chi connectivity index (χ0v) is 13.8. The lowest BCUT2D eigenvalue weighted by molar-refractivity contribution is -0.121. The highest BCUT2D eigenvalue weighted by Gasteiger charge is 2.18. The van der Waals surface area contributed by atoms with E-state index in [0.717, 1.165) is 9.99 Å². The molecule has 0 saturated heterocycles. The van der Waals surface area contributed by atoms with Crippen molar-refractivity contribution in [2.24, 2.45) is 0 Å². The Labute approximate surface area is 131 Å². The van der Waals surface area contributed by atoms with Gasteiger partial charge in [0.25, 0.3) is 5.91 Å². The molecule has 1 N–H and O–H groups in total. The van der Waals surface area contributed by atoms with Gasteiger partial charge in [-0.2, -0.15) is 0 Å². The highest BCUT2D eigenvalue weighted by Crippen LogP contribution is 2.20. The van der Waals surface area contributed by atoms with E-state index >= 15 is 0 Å². The van der Waals surface area contributed by atoms with E-state index in [0.29, 0.717) is 17.1 Å². The number of amides is 2. The second-order valence-electron chi connectivity index (χ2n) is 4.03. The number of carbonyl (C=O) groups excluding carboxylic acids is 2. The topological polar surface area (TPSA) is 49.4 Å². The van der Waals surface area contributed by atoms with Gasteiger partial charge in [0.05, 0.1) is 11.6 Å². The van der Waals surface area contributed by atoms with Crippen molar-refractivity contribution in [1.82, 2.24) is 10.2 Å². The molecule has 0 fully saturated rings. The Morgan fingerprint density at radius 1 is 1.42 bits per heavy atom. The first-order valence-corrected chi connectivity index (χ1v) is 7.40. The summed E-state index contributed by atoms with van der Waals surface area (Å²) in [4.78, 5) is 25.3. The van der Waals surface area contributed by atoms with Crippen LogP contribution in [0.5, 0.6) is 0 Å². The van der Waals surface area contributed by atoms with E-state index in [4.69, 9.17) is 11.6 Å². The number of halogens is 2. The van der Waals surface area contributed by atoms with Crippen molar-refractivity contribution in [3.63, 3.8) is 0 Å². The van der Waals surface area contributed by atoms with Gasteiger partial charge in [0, 0.05) is 22.7 Å². The number of carbonyl (C=O) groups is 2. The lowest BCUT2D eigenvalue weighted by Gasteiger charge is -2.21. The predicted molar refractivity (Wildman–Crippen MR) is 84.4 cm³/mol. The van der Waals surface area contributed by atoms with E-state index in [2.05, 4.69) is 27.9 Å². The van der Waals surface area contributed by atoms with Gasteiger partial charge in [-0.05, 0) is 47.2 Å². The summed E-state index contributed by atoms with van der Waals surface area (Å²) in [6, 6.07) is 5.15. The van der Waals surface area contributed by atoms with E-state index < -0.39 is 0 Å². The summed E-state index contributed by atoms with van der Waals surface area (Å²) < 4.78 is 0.893. The minimum Gasteiger partial charge on any atom is -0.358 e. The van der Waals surface area contributed by atoms with Gasteiger partial charge in [-0.3, -0.25) is 9.59 Å². The van der Waals surface area contributed by atoms with Crippen LogP contribution >= 0.6 is 34.2 Å². The Kier molecular flexibility index (Phi) is 6.57. The molecule has 1 aromatic rings. The van der Waals surface area contributed by atoms with Gasteiger partial charge in [-0.15, -0.1) is 0 Å². The largest absolute Gasteiger partial charge is 0.358 e. The summed E-state index contributed by atoms with van der Waals surface area (Å²) in [6.07, 6.45) is 0.792. The number of nitrogens with zero attached hydrogens (tertiary/aromatic N) is 1. The van der Waals surface area contributed by atoms with E-state index in [1.165, 1.54) is 4.90 Å². The lowest BCUT2D eigenvalue weighted by atomic mass is 10.2. The van der Waals surface area contributed by atoms with Crippen molar-refractivity contribution in [3.8, 4) is 0 Å². The van der Waals surface area contributed by atoms with Crippen LogP contribution in [-0.4, -0.2) is 36.9 Å². The summed E-state index contributed by atoms with van der Waals surface area (Å²) in [6.45, 7) is 2.56. The van der Waals surface area contributed by atoms with E-state index in [1.54, 1.807) is 25.2 Å². The third kappa shape index (κ3) is 4.65. The monoisotopic (exact) mass is 394 g/mol. The number of rotatable bonds is 5. The predicted octanol–water partition coefficient (Wildman–Crippen LogP) is 2.54. The summed E-state index contributed by atoms with van der Waals surface area (Å²) in [5.41, 5.74) is 0.503. The average molecular weight is 395 g/mol. The SMILES string of the molecule is CCCN(CC(=O)NC)C(=O)c1ccc(I)c(Cl)c1. The molecule has 0 aliphatic carbocycles. The van der Waals surface area contributed by atoms with Crippen LogP contribution in [0.25, 0.3) is 0 Å². The zero-order chi connectivity index (χ0) is 14.4. The van der Waals surface area contributed by atoms with E-state index in [1.807, 2.05) is 6.92 Å². The molecule has 1 rings (SSSR count). The minimum absolute atomic E-state index is 0.0623. The van der Waals surface area contributed by atoms with Crippen molar-refractivity contribution in [2.75, 3.05) is 20.1 Å². The molecule has 0 saturated carbocycles. The first kappa shape index (κ1) is 16.2. The van der Waals surface area contributed by atoms with E-state index in [-0.39, 0.29) is 18.4 Å². The molecule has 2 amide bonds. The van der Waals surface area contributed by atoms with Crippen LogP contribution in [0, 0.1) is 3.57 Å². The van der Waals surface area contributed by atoms with Crippen molar-refractivity contribution in [3.05, 3.63) is 32.4 Å². The molecular formula is C13H16ClIN2O2. The zero-order valence-electron chi connectivity index (χ0n) is 10.9. The number of benzene rings is 1. The second-order valence-corrected chi connectivity index (χ2v) is 5.60. The number of likely N-dealkylation sites (N-methyl/N-ethyl adjacent to an activating group) is 1. The average Bonchev–Trinajstić information content (AvgIpc) is 2.40. The fourth-order valence-corrected chi connectivity index (χ4v) is 2.10. The first-order chi connectivity index (χ1) is 8.99. The maximum atomic E-state index is 12.3. The van der Waals surface area contributed by atoms with Gasteiger partial charge in [0.1, 0.15) is 0 Å². The Morgan fingerprint density at radius 3 is 2.63 bits per heavy atom. The quantitative estimate of drug-likeness (QED) is 0.780. The van der Waals surface area contributed by atoms with Crippen molar-refractivity contribution < 1.29 is 9.59 Å². The molecule has 0 aliphatic rings. The molecule has 0 atom stereocenters. The molecule has 19 heavy (non-hydrogen) atoms. The van der Waals surface area contributed by atoms with Crippen LogP contribution in [0.15, 0.2) is 18.2 Å². The summed E-state index contributed by atoms with van der Waals surface area (Å²) in [5, 5.41) is 3.06. The van der Waals surface area contributed by atoms with Crippen molar-refractivity contribution in [1.29, 1.82) is 0 Å². The van der Waals surface area contributed by atoms with Crippen LogP contribution in [0.4, 0.5) is 0 Å². The molecule has 1 aromatic carbocycles. The Morgan fingerprint density at radius 2 is 2.11 bits per heavy atom. The minimum atomic E-state index is -0.182. The second kappa shape index (κ2) is 7.69. The molecule has 0 aromatic heterocycles. The van der Waals surface area contributed by atoms with Crippen LogP contribution < -0.4 is 5.32 Å². The molecule has 6 heteroatoms. The highest BCUT2D eigenvalue weighted by molar-refractivity contribution is 14.1. The fraction of sp³-hybridized carbons (Fsp3) is 0.385. The lowest BCUT2D eigenvalue weighted by Crippen LogP contribution is -2.40. The van der Waals surface area contributed by atoms with Gasteiger partial charge < -0.3 is 10.2 Å². The van der Waals surface area contributed by atoms with Gasteiger partial charge in [0.2, 0.25) is 5.91 Å². The Balaban J connectivity index is 2.91. The maximum absolute atomic E-state index is 12.3. The molecular weight excluding hydrogens is 379 g/mol. The number of hydrogen-bond acceptors (Lipinski definition) is 2. The van der Waals surface area contributed by atoms with Crippen LogP contribution in [-0.2, 0) is 4.79 Å². The van der Waals surface area contributed by atoms with E-state index in [9.17, 15) is 9.59 Å². The number of hydrogen-bond donors (Lipinski definition) is 1. The van der Waals surface area contributed by atoms with Crippen LogP contribution in [0.3, 0.4) is 0 Å². The molecule has 0 aliphatic heterocycles. The maximum Gasteiger partial charge on any atom is 0.254 e. The molecule has 4 nitrogen and oxygen atoms in total. The molecule has 0 bridgehead atoms. The molecule has 0 spiro atoms. The van der Waals surface area contributed by atoms with Crippen LogP contribution in [0.2, 0.25) is 5.02 Å². The smallest absolute Gasteiger partial charge is 0.254 e. The fourth-order valence-electron chi connectivity index (χ4n) is 1.59. The Bertz CT molecular complexity index is 480. The normalized spacial score (nSPS) is 10.1. The van der Waals surface area contributed by atoms with Gasteiger partial charge in [-0.1, -0.05) is 18.5 Å². The van der Waals surface area contributed by atoms with Crippen molar-refractivity contribution in [2.45, 2.75) is 13.3 Å². The standard InChI is InChI=1S/C13H16ClIN2O2/c1-3-6-17(8-12(18)16-2)13(19)9-4-5-11(15)10(14)7-9/h4-5,7H,3,6,8H2,1-2H3,(H,16,18). The molecule has 104 valence electrons. The Hall–Kier alpha value is -0.820. The highest BCUT2D eigenvalue weighted by atomic mass is 127. The van der Waals surface area contributed by atoms with Crippen molar-refractivity contribution >= 4 is 46.0 Å². The molecule has 0 radical (unpaired) electrons. The summed E-state index contributed by atoms with van der Waals surface area (Å²) in [5.74, 6) is -0.359. The first-order valence-electron chi connectivity index (χ1n) is 5.94. The van der Waals surface area contributed by atoms with Gasteiger partial charge >= 0.3 is 0 Å².